The number of carboxylic acid groups (broad SMARTS) is 1. The maximum atomic E-state index is 14.7. The topological polar surface area (TPSA) is 110 Å². The van der Waals surface area contributed by atoms with Gasteiger partial charge in [-0.3, -0.25) is 9.78 Å². The summed E-state index contributed by atoms with van der Waals surface area (Å²) in [5.41, 5.74) is 1.72. The van der Waals surface area contributed by atoms with Crippen LogP contribution in [0.3, 0.4) is 0 Å². The van der Waals surface area contributed by atoms with Crippen LogP contribution in [0, 0.1) is 5.82 Å². The molecular weight excluding hydrogens is 391 g/mol. The van der Waals surface area contributed by atoms with Crippen molar-refractivity contribution >= 4 is 16.9 Å². The molecule has 0 radical (unpaired) electrons. The van der Waals surface area contributed by atoms with Crippen LogP contribution in [0.2, 0.25) is 0 Å². The highest BCUT2D eigenvalue weighted by Gasteiger charge is 2.25. The van der Waals surface area contributed by atoms with Gasteiger partial charge in [0.1, 0.15) is 6.10 Å². The predicted molar refractivity (Wildman–Crippen MR) is 105 cm³/mol. The Balaban J connectivity index is 1.52. The van der Waals surface area contributed by atoms with E-state index in [1.54, 1.807) is 0 Å². The van der Waals surface area contributed by atoms with E-state index < -0.39 is 17.3 Å². The molecule has 0 saturated carbocycles. The van der Waals surface area contributed by atoms with Crippen LogP contribution >= 0.6 is 0 Å². The standard InChI is InChI=1S/C21H15FN4O4/c22-15-8-16-14(7-18(15)30-17-6-5-11-3-1-2-4-13(11)17)19(27)25-21(24-16)26-10-12(9-23-26)20(28)29/h1-4,7-10,17H,5-6H2,(H,28,29)(H,24,25,27). The number of nitrogens with one attached hydrogen (secondary N) is 1. The van der Waals surface area contributed by atoms with Crippen molar-refractivity contribution in [2.45, 2.75) is 18.9 Å². The van der Waals surface area contributed by atoms with Crippen molar-refractivity contribution in [1.82, 2.24) is 19.7 Å². The molecule has 1 atom stereocenters. The van der Waals surface area contributed by atoms with Gasteiger partial charge in [0.25, 0.3) is 5.56 Å². The highest BCUT2D eigenvalue weighted by Crippen LogP contribution is 2.36. The smallest absolute Gasteiger partial charge is 0.338 e. The number of nitrogens with zero attached hydrogens (tertiary/aromatic N) is 3. The molecule has 9 heteroatoms. The fourth-order valence-electron chi connectivity index (χ4n) is 3.67. The number of aromatic nitrogens is 4. The Hall–Kier alpha value is -4.01. The number of hydrogen-bond donors (Lipinski definition) is 2. The molecule has 4 aromatic rings. The summed E-state index contributed by atoms with van der Waals surface area (Å²) >= 11 is 0. The van der Waals surface area contributed by atoms with E-state index in [2.05, 4.69) is 15.1 Å². The fraction of sp³-hybridized carbons (Fsp3) is 0.143. The fourth-order valence-corrected chi connectivity index (χ4v) is 3.67. The normalized spacial score (nSPS) is 15.3. The van der Waals surface area contributed by atoms with E-state index in [1.807, 2.05) is 24.3 Å². The minimum Gasteiger partial charge on any atom is -0.483 e. The maximum Gasteiger partial charge on any atom is 0.338 e. The summed E-state index contributed by atoms with van der Waals surface area (Å²) in [6, 6.07) is 10.3. The number of benzene rings is 2. The van der Waals surface area contributed by atoms with Gasteiger partial charge in [-0.25, -0.2) is 18.9 Å². The summed E-state index contributed by atoms with van der Waals surface area (Å²) in [5, 5.41) is 13.0. The molecule has 0 saturated heterocycles. The minimum absolute atomic E-state index is 0.0159. The van der Waals surface area contributed by atoms with Gasteiger partial charge in [0.2, 0.25) is 5.95 Å². The molecule has 2 aromatic heterocycles. The lowest BCUT2D eigenvalue weighted by molar-refractivity contribution is 0.0697. The molecule has 2 N–H and O–H groups in total. The van der Waals surface area contributed by atoms with E-state index in [0.717, 1.165) is 35.4 Å². The largest absolute Gasteiger partial charge is 0.483 e. The minimum atomic E-state index is -1.16. The Kier molecular flexibility index (Phi) is 4.09. The van der Waals surface area contributed by atoms with Crippen molar-refractivity contribution in [2.75, 3.05) is 0 Å². The summed E-state index contributed by atoms with van der Waals surface area (Å²) in [5.74, 6) is -1.83. The molecule has 1 aliphatic carbocycles. The van der Waals surface area contributed by atoms with Crippen LogP contribution in [0.1, 0.15) is 34.0 Å². The first-order valence-corrected chi connectivity index (χ1v) is 9.26. The highest BCUT2D eigenvalue weighted by atomic mass is 19.1. The molecule has 30 heavy (non-hydrogen) atoms. The average molecular weight is 406 g/mol. The van der Waals surface area contributed by atoms with Gasteiger partial charge in [-0.2, -0.15) is 5.10 Å². The first-order chi connectivity index (χ1) is 14.5. The van der Waals surface area contributed by atoms with E-state index in [0.29, 0.717) is 0 Å². The van der Waals surface area contributed by atoms with Gasteiger partial charge in [0, 0.05) is 12.3 Å². The first kappa shape index (κ1) is 18.0. The number of fused-ring (bicyclic) bond motifs is 2. The molecular formula is C21H15FN4O4. The second-order valence-electron chi connectivity index (χ2n) is 7.01. The van der Waals surface area contributed by atoms with Gasteiger partial charge >= 0.3 is 5.97 Å². The lowest BCUT2D eigenvalue weighted by Crippen LogP contribution is -2.14. The van der Waals surface area contributed by atoms with Gasteiger partial charge in [0.05, 0.1) is 22.7 Å². The molecule has 2 heterocycles. The molecule has 0 aliphatic heterocycles. The maximum absolute atomic E-state index is 14.7. The molecule has 0 fully saturated rings. The third-order valence-electron chi connectivity index (χ3n) is 5.14. The van der Waals surface area contributed by atoms with Gasteiger partial charge in [-0.15, -0.1) is 0 Å². The molecule has 5 rings (SSSR count). The van der Waals surface area contributed by atoms with E-state index in [-0.39, 0.29) is 34.3 Å². The van der Waals surface area contributed by atoms with Crippen LogP contribution in [0.15, 0.2) is 53.6 Å². The number of ether oxygens (including phenoxy) is 1. The van der Waals surface area contributed by atoms with Crippen LogP contribution in [-0.4, -0.2) is 30.8 Å². The van der Waals surface area contributed by atoms with Crippen molar-refractivity contribution in [2.24, 2.45) is 0 Å². The van der Waals surface area contributed by atoms with Crippen LogP contribution in [0.5, 0.6) is 5.75 Å². The summed E-state index contributed by atoms with van der Waals surface area (Å²) < 4.78 is 21.8. The molecule has 2 aromatic carbocycles. The van der Waals surface area contributed by atoms with E-state index in [9.17, 15) is 14.0 Å². The van der Waals surface area contributed by atoms with Crippen molar-refractivity contribution < 1.29 is 19.0 Å². The third-order valence-corrected chi connectivity index (χ3v) is 5.14. The van der Waals surface area contributed by atoms with Crippen molar-refractivity contribution in [3.05, 3.63) is 81.7 Å². The Bertz CT molecular complexity index is 1360. The monoisotopic (exact) mass is 406 g/mol. The average Bonchev–Trinajstić information content (AvgIpc) is 3.37. The Labute approximate surface area is 168 Å². The lowest BCUT2D eigenvalue weighted by atomic mass is 10.1. The zero-order chi connectivity index (χ0) is 20.8. The number of H-pyrrole nitrogens is 1. The SMILES string of the molecule is O=C(O)c1cnn(-c2nc3cc(F)c(OC4CCc5ccccc54)cc3c(=O)[nH]2)c1. The Morgan fingerprint density at radius 2 is 2.13 bits per heavy atom. The lowest BCUT2D eigenvalue weighted by Gasteiger charge is -2.16. The van der Waals surface area contributed by atoms with Crippen LogP contribution in [-0.2, 0) is 6.42 Å². The predicted octanol–water partition coefficient (Wildman–Crippen LogP) is 3.01. The number of carboxylic acids is 1. The summed E-state index contributed by atoms with van der Waals surface area (Å²) in [6.07, 6.45) is 3.64. The van der Waals surface area contributed by atoms with Crippen LogP contribution < -0.4 is 10.3 Å². The van der Waals surface area contributed by atoms with Gasteiger partial charge in [-0.1, -0.05) is 24.3 Å². The van der Waals surface area contributed by atoms with Crippen molar-refractivity contribution in [1.29, 1.82) is 0 Å². The van der Waals surface area contributed by atoms with Gasteiger partial charge < -0.3 is 9.84 Å². The van der Waals surface area contributed by atoms with Gasteiger partial charge in [0.15, 0.2) is 11.6 Å². The molecule has 1 unspecified atom stereocenters. The summed E-state index contributed by atoms with van der Waals surface area (Å²) in [4.78, 5) is 30.3. The zero-order valence-corrected chi connectivity index (χ0v) is 15.5. The van der Waals surface area contributed by atoms with Crippen LogP contribution in [0.4, 0.5) is 4.39 Å². The third kappa shape index (κ3) is 3.00. The molecule has 1 aliphatic rings. The Morgan fingerprint density at radius 3 is 2.93 bits per heavy atom. The van der Waals surface area contributed by atoms with Crippen molar-refractivity contribution in [3.63, 3.8) is 0 Å². The van der Waals surface area contributed by atoms with Crippen molar-refractivity contribution in [3.8, 4) is 11.7 Å². The second-order valence-corrected chi connectivity index (χ2v) is 7.01. The number of aromatic amines is 1. The number of halogens is 1. The zero-order valence-electron chi connectivity index (χ0n) is 15.5. The van der Waals surface area contributed by atoms with E-state index >= 15 is 0 Å². The number of hydrogen-bond acceptors (Lipinski definition) is 5. The van der Waals surface area contributed by atoms with Crippen LogP contribution in [0.25, 0.3) is 16.9 Å². The number of aromatic carboxylic acids is 1. The van der Waals surface area contributed by atoms with Gasteiger partial charge in [-0.05, 0) is 30.0 Å². The quantitative estimate of drug-likeness (QED) is 0.539. The molecule has 0 spiro atoms. The summed E-state index contributed by atoms with van der Waals surface area (Å²) in [6.45, 7) is 0. The number of rotatable bonds is 4. The second kappa shape index (κ2) is 6.80. The number of aryl methyl sites for hydroxylation is 1. The molecule has 0 amide bonds. The number of carbonyl (C=O) groups is 1. The Morgan fingerprint density at radius 1 is 1.30 bits per heavy atom. The van der Waals surface area contributed by atoms with E-state index in [4.69, 9.17) is 9.84 Å². The first-order valence-electron chi connectivity index (χ1n) is 9.26. The molecule has 8 nitrogen and oxygen atoms in total. The molecule has 0 bridgehead atoms. The molecule has 150 valence electrons. The highest BCUT2D eigenvalue weighted by molar-refractivity contribution is 5.87. The summed E-state index contributed by atoms with van der Waals surface area (Å²) in [7, 11) is 0. The van der Waals surface area contributed by atoms with E-state index in [1.165, 1.54) is 17.8 Å².